The van der Waals surface area contributed by atoms with Gasteiger partial charge in [-0.15, -0.1) is 11.3 Å². The summed E-state index contributed by atoms with van der Waals surface area (Å²) in [5.74, 6) is 0.720. The van der Waals surface area contributed by atoms with Crippen LogP contribution in [0.5, 0.6) is 0 Å². The van der Waals surface area contributed by atoms with E-state index in [9.17, 15) is 4.79 Å². The largest absolute Gasteiger partial charge is 0.444 e. The molecule has 0 aliphatic heterocycles. The van der Waals surface area contributed by atoms with Gasteiger partial charge in [0.2, 0.25) is 0 Å². The Balaban J connectivity index is 2.07. The summed E-state index contributed by atoms with van der Waals surface area (Å²) in [4.78, 5) is 13.3. The fourth-order valence-electron chi connectivity index (χ4n) is 2.77. The van der Waals surface area contributed by atoms with Gasteiger partial charge in [-0.2, -0.15) is 0 Å². The SMILES string of the molecule is CC(C)(C)OC(=O)Nc1csc2c1CCC(C(C)(C)C)C2. The van der Waals surface area contributed by atoms with Gasteiger partial charge in [-0.3, -0.25) is 5.32 Å². The number of carbonyl (C=O) groups excluding carboxylic acids is 1. The molecule has 0 saturated carbocycles. The zero-order chi connectivity index (χ0) is 15.8. The normalized spacial score (nSPS) is 19.0. The fraction of sp³-hybridized carbons (Fsp3) is 0.706. The van der Waals surface area contributed by atoms with Crippen molar-refractivity contribution in [1.82, 2.24) is 0 Å². The van der Waals surface area contributed by atoms with E-state index in [1.54, 1.807) is 11.3 Å². The van der Waals surface area contributed by atoms with Gasteiger partial charge in [-0.05, 0) is 56.9 Å². The van der Waals surface area contributed by atoms with Crippen LogP contribution in [-0.4, -0.2) is 11.7 Å². The van der Waals surface area contributed by atoms with Gasteiger partial charge in [0.25, 0.3) is 0 Å². The molecule has 3 nitrogen and oxygen atoms in total. The third kappa shape index (κ3) is 4.22. The number of nitrogens with one attached hydrogen (secondary N) is 1. The molecule has 2 rings (SSSR count). The molecule has 0 fully saturated rings. The fourth-order valence-corrected chi connectivity index (χ4v) is 3.88. The Labute approximate surface area is 132 Å². The second kappa shape index (κ2) is 5.64. The summed E-state index contributed by atoms with van der Waals surface area (Å²) in [6.07, 6.45) is 3.00. The first-order valence-corrected chi connectivity index (χ1v) is 8.53. The van der Waals surface area contributed by atoms with Crippen LogP contribution in [0, 0.1) is 11.3 Å². The van der Waals surface area contributed by atoms with Crippen LogP contribution in [0.1, 0.15) is 58.4 Å². The minimum absolute atomic E-state index is 0.348. The summed E-state index contributed by atoms with van der Waals surface area (Å²) >= 11 is 1.76. The standard InChI is InChI=1S/C17H27NO2S/c1-16(2,3)11-7-8-12-13(10-21-14(12)9-11)18-15(19)20-17(4,5)6/h10-11H,7-9H2,1-6H3,(H,18,19). The van der Waals surface area contributed by atoms with Crippen LogP contribution in [0.25, 0.3) is 0 Å². The second-order valence-electron chi connectivity index (χ2n) is 7.98. The van der Waals surface area contributed by atoms with Gasteiger partial charge in [-0.1, -0.05) is 20.8 Å². The maximum Gasteiger partial charge on any atom is 0.412 e. The van der Waals surface area contributed by atoms with Crippen molar-refractivity contribution >= 4 is 23.1 Å². The van der Waals surface area contributed by atoms with Gasteiger partial charge < -0.3 is 4.74 Å². The van der Waals surface area contributed by atoms with Crippen molar-refractivity contribution < 1.29 is 9.53 Å². The Hall–Kier alpha value is -1.03. The molecule has 1 amide bonds. The van der Waals surface area contributed by atoms with E-state index in [4.69, 9.17) is 4.74 Å². The van der Waals surface area contributed by atoms with E-state index in [0.717, 1.165) is 24.4 Å². The number of rotatable bonds is 1. The van der Waals surface area contributed by atoms with Crippen molar-refractivity contribution in [3.63, 3.8) is 0 Å². The molecule has 1 aliphatic rings. The molecule has 0 spiro atoms. The summed E-state index contributed by atoms with van der Waals surface area (Å²) in [6.45, 7) is 12.6. The summed E-state index contributed by atoms with van der Waals surface area (Å²) in [6, 6.07) is 0. The van der Waals surface area contributed by atoms with E-state index in [0.29, 0.717) is 5.41 Å². The zero-order valence-corrected chi connectivity index (χ0v) is 14.8. The van der Waals surface area contributed by atoms with Crippen LogP contribution < -0.4 is 5.32 Å². The van der Waals surface area contributed by atoms with Gasteiger partial charge in [0.15, 0.2) is 0 Å². The summed E-state index contributed by atoms with van der Waals surface area (Å²) in [5.41, 5.74) is 2.14. The monoisotopic (exact) mass is 309 g/mol. The van der Waals surface area contributed by atoms with Crippen LogP contribution in [0.3, 0.4) is 0 Å². The number of hydrogen-bond acceptors (Lipinski definition) is 3. The molecule has 1 atom stereocenters. The molecule has 1 aliphatic carbocycles. The lowest BCUT2D eigenvalue weighted by atomic mass is 9.72. The third-order valence-electron chi connectivity index (χ3n) is 4.02. The highest BCUT2D eigenvalue weighted by Crippen LogP contribution is 2.42. The minimum atomic E-state index is -0.461. The molecular formula is C17H27NO2S. The van der Waals surface area contributed by atoms with Gasteiger partial charge >= 0.3 is 6.09 Å². The summed E-state index contributed by atoms with van der Waals surface area (Å²) in [7, 11) is 0. The molecule has 0 bridgehead atoms. The number of ether oxygens (including phenoxy) is 1. The lowest BCUT2D eigenvalue weighted by Gasteiger charge is -2.34. The second-order valence-corrected chi connectivity index (χ2v) is 8.95. The molecule has 1 heterocycles. The predicted octanol–water partition coefficient (Wildman–Crippen LogP) is 5.25. The van der Waals surface area contributed by atoms with E-state index < -0.39 is 5.60 Å². The molecule has 0 radical (unpaired) electrons. The summed E-state index contributed by atoms with van der Waals surface area (Å²) < 4.78 is 5.33. The molecule has 1 aromatic rings. The maximum atomic E-state index is 11.9. The first-order valence-electron chi connectivity index (χ1n) is 7.65. The number of thiophene rings is 1. The molecule has 4 heteroatoms. The van der Waals surface area contributed by atoms with Gasteiger partial charge in [0, 0.05) is 10.3 Å². The number of hydrogen-bond donors (Lipinski definition) is 1. The highest BCUT2D eigenvalue weighted by atomic mass is 32.1. The van der Waals surface area contributed by atoms with Crippen molar-refractivity contribution in [2.75, 3.05) is 5.32 Å². The molecular weight excluding hydrogens is 282 g/mol. The minimum Gasteiger partial charge on any atom is -0.444 e. The lowest BCUT2D eigenvalue weighted by molar-refractivity contribution is 0.0635. The van der Waals surface area contributed by atoms with Crippen LogP contribution in [0.4, 0.5) is 10.5 Å². The lowest BCUT2D eigenvalue weighted by Crippen LogP contribution is -2.28. The highest BCUT2D eigenvalue weighted by Gasteiger charge is 2.31. The summed E-state index contributed by atoms with van der Waals surface area (Å²) in [5, 5.41) is 4.96. The van der Waals surface area contributed by atoms with Gasteiger partial charge in [0.1, 0.15) is 5.60 Å². The quantitative estimate of drug-likeness (QED) is 0.769. The number of fused-ring (bicyclic) bond motifs is 1. The van der Waals surface area contributed by atoms with Gasteiger partial charge in [-0.25, -0.2) is 4.79 Å². The highest BCUT2D eigenvalue weighted by molar-refractivity contribution is 7.10. The molecule has 0 saturated heterocycles. The Kier molecular flexibility index (Phi) is 4.39. The molecule has 118 valence electrons. The number of amides is 1. The van der Waals surface area contributed by atoms with Crippen molar-refractivity contribution in [3.05, 3.63) is 15.8 Å². The Morgan fingerprint density at radius 3 is 2.52 bits per heavy atom. The van der Waals surface area contributed by atoms with Crippen LogP contribution in [0.15, 0.2) is 5.38 Å². The van der Waals surface area contributed by atoms with Gasteiger partial charge in [0.05, 0.1) is 5.69 Å². The van der Waals surface area contributed by atoms with E-state index in [2.05, 4.69) is 31.5 Å². The molecule has 1 aromatic heterocycles. The zero-order valence-electron chi connectivity index (χ0n) is 14.0. The predicted molar refractivity (Wildman–Crippen MR) is 89.1 cm³/mol. The van der Waals surface area contributed by atoms with E-state index >= 15 is 0 Å². The van der Waals surface area contributed by atoms with Crippen molar-refractivity contribution in [1.29, 1.82) is 0 Å². The van der Waals surface area contributed by atoms with Crippen LogP contribution in [-0.2, 0) is 17.6 Å². The number of anilines is 1. The van der Waals surface area contributed by atoms with E-state index in [1.165, 1.54) is 16.9 Å². The van der Waals surface area contributed by atoms with Crippen LogP contribution >= 0.6 is 11.3 Å². The average molecular weight is 309 g/mol. The Bertz CT molecular complexity index is 520. The van der Waals surface area contributed by atoms with Crippen molar-refractivity contribution in [3.8, 4) is 0 Å². The van der Waals surface area contributed by atoms with Crippen molar-refractivity contribution in [2.45, 2.75) is 66.4 Å². The van der Waals surface area contributed by atoms with Crippen LogP contribution in [0.2, 0.25) is 0 Å². The maximum absolute atomic E-state index is 11.9. The first kappa shape index (κ1) is 16.3. The van der Waals surface area contributed by atoms with Crippen molar-refractivity contribution in [2.24, 2.45) is 11.3 Å². The Morgan fingerprint density at radius 2 is 1.95 bits per heavy atom. The average Bonchev–Trinajstić information content (AvgIpc) is 2.68. The molecule has 1 N–H and O–H groups in total. The smallest absolute Gasteiger partial charge is 0.412 e. The molecule has 0 aromatic carbocycles. The van der Waals surface area contributed by atoms with E-state index in [1.807, 2.05) is 20.8 Å². The molecule has 1 unspecified atom stereocenters. The Morgan fingerprint density at radius 1 is 1.29 bits per heavy atom. The van der Waals surface area contributed by atoms with E-state index in [-0.39, 0.29) is 6.09 Å². The third-order valence-corrected chi connectivity index (χ3v) is 5.07. The molecule has 21 heavy (non-hydrogen) atoms. The first-order chi connectivity index (χ1) is 9.56. The number of carbonyl (C=O) groups is 1. The topological polar surface area (TPSA) is 38.3 Å².